The van der Waals surface area contributed by atoms with Crippen LogP contribution in [0.2, 0.25) is 0 Å². The Kier molecular flexibility index (Phi) is 21.6. The Bertz CT molecular complexity index is 664. The number of ether oxygens (including phenoxy) is 2. The molecule has 0 fully saturated rings. The maximum Gasteiger partial charge on any atom is 0.139 e. The lowest BCUT2D eigenvalue weighted by atomic mass is 9.82. The van der Waals surface area contributed by atoms with Gasteiger partial charge in [0.2, 0.25) is 0 Å². The normalized spacial score (nSPS) is 15.0. The molecule has 1 aliphatic carbocycles. The van der Waals surface area contributed by atoms with Crippen LogP contribution in [0.1, 0.15) is 112 Å². The van der Waals surface area contributed by atoms with Crippen LogP contribution >= 0.6 is 0 Å². The highest BCUT2D eigenvalue weighted by atomic mass is 16.5. The van der Waals surface area contributed by atoms with E-state index in [-0.39, 0.29) is 41.5 Å². The number of allylic oxidation sites excluding steroid dienone is 4. The van der Waals surface area contributed by atoms with E-state index in [1.807, 2.05) is 27.7 Å². The van der Waals surface area contributed by atoms with Gasteiger partial charge in [-0.25, -0.2) is 0 Å². The third-order valence-electron chi connectivity index (χ3n) is 6.69. The second kappa shape index (κ2) is 22.6. The van der Waals surface area contributed by atoms with Crippen molar-refractivity contribution in [3.63, 3.8) is 0 Å². The molecule has 3 atom stereocenters. The minimum Gasteiger partial charge on any atom is -0.385 e. The Morgan fingerprint density at radius 2 is 1.64 bits per heavy atom. The van der Waals surface area contributed by atoms with Crippen molar-refractivity contribution in [2.45, 2.75) is 112 Å². The molecule has 3 unspecified atom stereocenters. The molecule has 0 heterocycles. The number of unbranched alkanes of at least 4 members (excludes halogenated alkanes) is 1. The standard InChI is InChI=1S/C29H48O5.C2H6/c1-5-7-18-34-20-17-25(16-19-33-4)28(31)21-23(3)29(32)26(11-6-2)22-27(30)15-10-14-24-12-8-9-13-24;1-2/h8-9,12,23,25-26H,5-7,10-11,13-22H2,1-4H3;1-2H3. The number of carbonyl (C=O) groups is 3. The van der Waals surface area contributed by atoms with Gasteiger partial charge in [0.05, 0.1) is 0 Å². The first kappa shape index (κ1) is 34.4. The molecular formula is C31H54O5. The van der Waals surface area contributed by atoms with Gasteiger partial charge in [0, 0.05) is 63.9 Å². The van der Waals surface area contributed by atoms with Crippen molar-refractivity contribution in [3.05, 3.63) is 23.8 Å². The maximum atomic E-state index is 13.2. The average Bonchev–Trinajstić information content (AvgIpc) is 3.39. The summed E-state index contributed by atoms with van der Waals surface area (Å²) in [4.78, 5) is 38.8. The highest BCUT2D eigenvalue weighted by molar-refractivity contribution is 5.92. The SMILES string of the molecule is CC.CCCCOCCC(CCOC)C(=O)CC(C)C(=O)C(CCC)CC(=O)CCCC1=CC=CC1. The number of carbonyl (C=O) groups excluding carboxylic acids is 3. The number of hydrogen-bond acceptors (Lipinski definition) is 5. The summed E-state index contributed by atoms with van der Waals surface area (Å²) in [6, 6.07) is 0. The minimum absolute atomic E-state index is 0.0657. The summed E-state index contributed by atoms with van der Waals surface area (Å²) < 4.78 is 10.9. The topological polar surface area (TPSA) is 69.7 Å². The first-order chi connectivity index (χ1) is 17.4. The predicted octanol–water partition coefficient (Wildman–Crippen LogP) is 7.47. The van der Waals surface area contributed by atoms with Crippen molar-refractivity contribution in [2.24, 2.45) is 17.8 Å². The van der Waals surface area contributed by atoms with Crippen LogP contribution in [0.4, 0.5) is 0 Å². The van der Waals surface area contributed by atoms with E-state index in [1.165, 1.54) is 5.57 Å². The van der Waals surface area contributed by atoms with Gasteiger partial charge in [-0.2, -0.15) is 0 Å². The van der Waals surface area contributed by atoms with Crippen LogP contribution in [0.5, 0.6) is 0 Å². The Hall–Kier alpha value is -1.59. The van der Waals surface area contributed by atoms with E-state index in [0.717, 1.165) is 45.1 Å². The number of hydrogen-bond donors (Lipinski definition) is 0. The molecule has 5 nitrogen and oxygen atoms in total. The van der Waals surface area contributed by atoms with Crippen LogP contribution in [-0.4, -0.2) is 44.3 Å². The third-order valence-corrected chi connectivity index (χ3v) is 6.69. The summed E-state index contributed by atoms with van der Waals surface area (Å²) in [6.45, 7) is 11.8. The third kappa shape index (κ3) is 15.5. The number of Topliss-reactive ketones (excluding diaryl/α,β-unsaturated/α-hetero) is 3. The highest BCUT2D eigenvalue weighted by Gasteiger charge is 2.29. The van der Waals surface area contributed by atoms with Crippen molar-refractivity contribution < 1.29 is 23.9 Å². The van der Waals surface area contributed by atoms with Gasteiger partial charge >= 0.3 is 0 Å². The molecule has 1 rings (SSSR count). The number of ketones is 3. The fraction of sp³-hybridized carbons (Fsp3) is 0.774. The minimum atomic E-state index is -0.363. The lowest BCUT2D eigenvalue weighted by Gasteiger charge is -2.21. The van der Waals surface area contributed by atoms with Crippen molar-refractivity contribution in [2.75, 3.05) is 26.9 Å². The molecule has 0 spiro atoms. The summed E-state index contributed by atoms with van der Waals surface area (Å²) in [5, 5.41) is 0. The van der Waals surface area contributed by atoms with E-state index in [4.69, 9.17) is 9.47 Å². The Labute approximate surface area is 221 Å². The van der Waals surface area contributed by atoms with Crippen LogP contribution in [0.3, 0.4) is 0 Å². The highest BCUT2D eigenvalue weighted by Crippen LogP contribution is 2.24. The quantitative estimate of drug-likeness (QED) is 0.142. The fourth-order valence-corrected chi connectivity index (χ4v) is 4.53. The first-order valence-electron chi connectivity index (χ1n) is 14.4. The van der Waals surface area contributed by atoms with Crippen LogP contribution in [-0.2, 0) is 23.9 Å². The molecule has 0 bridgehead atoms. The summed E-state index contributed by atoms with van der Waals surface area (Å²) in [7, 11) is 1.64. The molecule has 208 valence electrons. The van der Waals surface area contributed by atoms with Gasteiger partial charge < -0.3 is 9.47 Å². The van der Waals surface area contributed by atoms with Gasteiger partial charge in [-0.3, -0.25) is 14.4 Å². The second-order valence-corrected chi connectivity index (χ2v) is 9.75. The van der Waals surface area contributed by atoms with Crippen molar-refractivity contribution in [3.8, 4) is 0 Å². The van der Waals surface area contributed by atoms with E-state index in [9.17, 15) is 14.4 Å². The van der Waals surface area contributed by atoms with Gasteiger partial charge in [0.15, 0.2) is 0 Å². The molecule has 0 N–H and O–H groups in total. The largest absolute Gasteiger partial charge is 0.385 e. The van der Waals surface area contributed by atoms with Crippen LogP contribution in [0, 0.1) is 17.8 Å². The Balaban J connectivity index is 0.00000596. The summed E-state index contributed by atoms with van der Waals surface area (Å²) >= 11 is 0. The summed E-state index contributed by atoms with van der Waals surface area (Å²) in [6.07, 6.45) is 15.2. The van der Waals surface area contributed by atoms with Crippen LogP contribution in [0.25, 0.3) is 0 Å². The van der Waals surface area contributed by atoms with E-state index in [0.29, 0.717) is 45.3 Å². The van der Waals surface area contributed by atoms with E-state index in [1.54, 1.807) is 7.11 Å². The molecule has 0 saturated heterocycles. The lowest BCUT2D eigenvalue weighted by molar-refractivity contribution is -0.134. The Morgan fingerprint density at radius 1 is 0.917 bits per heavy atom. The molecule has 0 aromatic carbocycles. The van der Waals surface area contributed by atoms with Crippen LogP contribution < -0.4 is 0 Å². The van der Waals surface area contributed by atoms with E-state index >= 15 is 0 Å². The molecule has 0 saturated carbocycles. The molecular weight excluding hydrogens is 452 g/mol. The van der Waals surface area contributed by atoms with E-state index < -0.39 is 0 Å². The average molecular weight is 507 g/mol. The van der Waals surface area contributed by atoms with Crippen molar-refractivity contribution in [1.82, 2.24) is 0 Å². The lowest BCUT2D eigenvalue weighted by Crippen LogP contribution is -2.28. The smallest absolute Gasteiger partial charge is 0.139 e. The first-order valence-corrected chi connectivity index (χ1v) is 14.4. The monoisotopic (exact) mass is 506 g/mol. The molecule has 0 radical (unpaired) electrons. The predicted molar refractivity (Wildman–Crippen MR) is 149 cm³/mol. The van der Waals surface area contributed by atoms with Gasteiger partial charge in [-0.1, -0.05) is 71.3 Å². The zero-order valence-electron chi connectivity index (χ0n) is 24.1. The fourth-order valence-electron chi connectivity index (χ4n) is 4.53. The zero-order chi connectivity index (χ0) is 27.2. The molecule has 0 amide bonds. The van der Waals surface area contributed by atoms with Crippen molar-refractivity contribution in [1.29, 1.82) is 0 Å². The Morgan fingerprint density at radius 3 is 2.25 bits per heavy atom. The maximum absolute atomic E-state index is 13.2. The number of methoxy groups -OCH3 is 1. The summed E-state index contributed by atoms with van der Waals surface area (Å²) in [5.41, 5.74) is 1.37. The van der Waals surface area contributed by atoms with Crippen molar-refractivity contribution >= 4 is 17.3 Å². The molecule has 36 heavy (non-hydrogen) atoms. The van der Waals surface area contributed by atoms with Gasteiger partial charge in [-0.15, -0.1) is 0 Å². The molecule has 0 aromatic heterocycles. The van der Waals surface area contributed by atoms with Gasteiger partial charge in [0.1, 0.15) is 17.3 Å². The van der Waals surface area contributed by atoms with E-state index in [2.05, 4.69) is 25.2 Å². The zero-order valence-corrected chi connectivity index (χ0v) is 24.1. The van der Waals surface area contributed by atoms with Gasteiger partial charge in [0.25, 0.3) is 0 Å². The van der Waals surface area contributed by atoms with Crippen LogP contribution in [0.15, 0.2) is 23.8 Å². The number of rotatable bonds is 22. The second-order valence-electron chi connectivity index (χ2n) is 9.75. The molecule has 1 aliphatic rings. The molecule has 0 aromatic rings. The summed E-state index contributed by atoms with van der Waals surface area (Å²) in [5.74, 6) is -0.449. The van der Waals surface area contributed by atoms with Gasteiger partial charge in [-0.05, 0) is 44.9 Å². The molecule has 0 aliphatic heterocycles. The molecule has 5 heteroatoms.